The Bertz CT molecular complexity index is 471. The SMILES string of the molecule is CCc1ccc(N(c2ccccc2)C(C)C)cc1. The van der Waals surface area contributed by atoms with Gasteiger partial charge in [-0.25, -0.2) is 0 Å². The Hall–Kier alpha value is -1.76. The van der Waals surface area contributed by atoms with E-state index in [1.807, 2.05) is 0 Å². The Morgan fingerprint density at radius 2 is 1.39 bits per heavy atom. The van der Waals surface area contributed by atoms with E-state index in [2.05, 4.69) is 80.3 Å². The number of aryl methyl sites for hydroxylation is 1. The summed E-state index contributed by atoms with van der Waals surface area (Å²) in [5, 5.41) is 0. The molecule has 0 spiro atoms. The van der Waals surface area contributed by atoms with Crippen molar-refractivity contribution in [1.29, 1.82) is 0 Å². The van der Waals surface area contributed by atoms with Gasteiger partial charge in [-0.1, -0.05) is 37.3 Å². The van der Waals surface area contributed by atoms with Gasteiger partial charge >= 0.3 is 0 Å². The smallest absolute Gasteiger partial charge is 0.0413 e. The summed E-state index contributed by atoms with van der Waals surface area (Å²) in [5.74, 6) is 0. The van der Waals surface area contributed by atoms with Crippen LogP contribution in [0.2, 0.25) is 0 Å². The van der Waals surface area contributed by atoms with Crippen LogP contribution in [0.3, 0.4) is 0 Å². The van der Waals surface area contributed by atoms with E-state index in [-0.39, 0.29) is 0 Å². The molecular formula is C17H21N. The van der Waals surface area contributed by atoms with Crippen molar-refractivity contribution >= 4 is 11.4 Å². The molecule has 0 aromatic heterocycles. The second-order valence-electron chi connectivity index (χ2n) is 4.82. The van der Waals surface area contributed by atoms with Gasteiger partial charge in [0.15, 0.2) is 0 Å². The average molecular weight is 239 g/mol. The molecular weight excluding hydrogens is 218 g/mol. The van der Waals surface area contributed by atoms with Crippen molar-refractivity contribution in [3.8, 4) is 0 Å². The summed E-state index contributed by atoms with van der Waals surface area (Å²) < 4.78 is 0. The van der Waals surface area contributed by atoms with Crippen LogP contribution in [-0.2, 0) is 6.42 Å². The van der Waals surface area contributed by atoms with Crippen molar-refractivity contribution in [3.63, 3.8) is 0 Å². The number of nitrogens with zero attached hydrogens (tertiary/aromatic N) is 1. The molecule has 2 aromatic rings. The maximum atomic E-state index is 2.36. The van der Waals surface area contributed by atoms with Crippen LogP contribution in [0, 0.1) is 0 Å². The van der Waals surface area contributed by atoms with Crippen LogP contribution in [0.5, 0.6) is 0 Å². The minimum absolute atomic E-state index is 0.444. The third-order valence-electron chi connectivity index (χ3n) is 3.17. The Kier molecular flexibility index (Phi) is 4.03. The Labute approximate surface area is 110 Å². The largest absolute Gasteiger partial charge is 0.339 e. The first-order valence-corrected chi connectivity index (χ1v) is 6.65. The van der Waals surface area contributed by atoms with Crippen molar-refractivity contribution in [2.75, 3.05) is 4.90 Å². The molecule has 0 heterocycles. The molecule has 0 aliphatic rings. The van der Waals surface area contributed by atoms with Crippen LogP contribution in [0.1, 0.15) is 26.3 Å². The molecule has 0 unspecified atom stereocenters. The number of benzene rings is 2. The maximum Gasteiger partial charge on any atom is 0.0413 e. The third-order valence-corrected chi connectivity index (χ3v) is 3.17. The number of hydrogen-bond acceptors (Lipinski definition) is 1. The number of hydrogen-bond donors (Lipinski definition) is 0. The van der Waals surface area contributed by atoms with Crippen LogP contribution in [0.15, 0.2) is 54.6 Å². The van der Waals surface area contributed by atoms with Gasteiger partial charge in [0, 0.05) is 17.4 Å². The second kappa shape index (κ2) is 5.72. The minimum atomic E-state index is 0.444. The van der Waals surface area contributed by atoms with E-state index >= 15 is 0 Å². The summed E-state index contributed by atoms with van der Waals surface area (Å²) in [6.07, 6.45) is 1.09. The fourth-order valence-corrected chi connectivity index (χ4v) is 2.23. The quantitative estimate of drug-likeness (QED) is 0.741. The lowest BCUT2D eigenvalue weighted by atomic mass is 10.1. The highest BCUT2D eigenvalue weighted by molar-refractivity contribution is 5.64. The first-order valence-electron chi connectivity index (χ1n) is 6.65. The van der Waals surface area contributed by atoms with E-state index in [0.717, 1.165) is 6.42 Å². The van der Waals surface area contributed by atoms with Crippen LogP contribution in [0.25, 0.3) is 0 Å². The summed E-state index contributed by atoms with van der Waals surface area (Å²) in [5.41, 5.74) is 3.89. The molecule has 0 aliphatic heterocycles. The van der Waals surface area contributed by atoms with Gasteiger partial charge in [-0.05, 0) is 50.1 Å². The van der Waals surface area contributed by atoms with Crippen LogP contribution in [-0.4, -0.2) is 6.04 Å². The maximum absolute atomic E-state index is 2.36. The summed E-state index contributed by atoms with van der Waals surface area (Å²) in [6.45, 7) is 6.63. The first-order chi connectivity index (χ1) is 8.72. The Morgan fingerprint density at radius 3 is 1.89 bits per heavy atom. The third kappa shape index (κ3) is 2.73. The minimum Gasteiger partial charge on any atom is -0.339 e. The van der Waals surface area contributed by atoms with Gasteiger partial charge in [-0.2, -0.15) is 0 Å². The predicted octanol–water partition coefficient (Wildman–Crippen LogP) is 4.80. The van der Waals surface area contributed by atoms with Crippen molar-refractivity contribution in [3.05, 3.63) is 60.2 Å². The molecule has 0 amide bonds. The van der Waals surface area contributed by atoms with E-state index in [4.69, 9.17) is 0 Å². The van der Waals surface area contributed by atoms with Crippen molar-refractivity contribution in [2.45, 2.75) is 33.2 Å². The fourth-order valence-electron chi connectivity index (χ4n) is 2.23. The molecule has 18 heavy (non-hydrogen) atoms. The lowest BCUT2D eigenvalue weighted by molar-refractivity contribution is 0.788. The molecule has 0 fully saturated rings. The molecule has 0 bridgehead atoms. The van der Waals surface area contributed by atoms with Gasteiger partial charge in [0.1, 0.15) is 0 Å². The van der Waals surface area contributed by atoms with Crippen LogP contribution < -0.4 is 4.90 Å². The highest BCUT2D eigenvalue weighted by Gasteiger charge is 2.12. The van der Waals surface area contributed by atoms with Crippen molar-refractivity contribution in [1.82, 2.24) is 0 Å². The van der Waals surface area contributed by atoms with Crippen molar-refractivity contribution < 1.29 is 0 Å². The summed E-state index contributed by atoms with van der Waals surface area (Å²) in [4.78, 5) is 2.36. The fraction of sp³-hybridized carbons (Fsp3) is 0.294. The monoisotopic (exact) mass is 239 g/mol. The van der Waals surface area contributed by atoms with Gasteiger partial charge in [0.2, 0.25) is 0 Å². The molecule has 0 N–H and O–H groups in total. The van der Waals surface area contributed by atoms with E-state index in [1.165, 1.54) is 16.9 Å². The molecule has 0 saturated carbocycles. The molecule has 2 aromatic carbocycles. The lowest BCUT2D eigenvalue weighted by Gasteiger charge is -2.29. The zero-order chi connectivity index (χ0) is 13.0. The van der Waals surface area contributed by atoms with E-state index in [0.29, 0.717) is 6.04 Å². The van der Waals surface area contributed by atoms with Gasteiger partial charge in [0.05, 0.1) is 0 Å². The zero-order valence-electron chi connectivity index (χ0n) is 11.4. The molecule has 0 atom stereocenters. The summed E-state index contributed by atoms with van der Waals surface area (Å²) in [6, 6.07) is 19.9. The number of para-hydroxylation sites is 1. The van der Waals surface area contributed by atoms with E-state index < -0.39 is 0 Å². The highest BCUT2D eigenvalue weighted by atomic mass is 15.2. The highest BCUT2D eigenvalue weighted by Crippen LogP contribution is 2.27. The predicted molar refractivity (Wildman–Crippen MR) is 79.5 cm³/mol. The zero-order valence-corrected chi connectivity index (χ0v) is 11.4. The topological polar surface area (TPSA) is 3.24 Å². The lowest BCUT2D eigenvalue weighted by Crippen LogP contribution is -2.25. The van der Waals surface area contributed by atoms with Gasteiger partial charge in [0.25, 0.3) is 0 Å². The van der Waals surface area contributed by atoms with Gasteiger partial charge < -0.3 is 4.90 Å². The van der Waals surface area contributed by atoms with Gasteiger partial charge in [-0.15, -0.1) is 0 Å². The standard InChI is InChI=1S/C17H21N/c1-4-15-10-12-17(13-11-15)18(14(2)3)16-8-6-5-7-9-16/h5-14H,4H2,1-3H3. The molecule has 0 radical (unpaired) electrons. The van der Waals surface area contributed by atoms with Gasteiger partial charge in [-0.3, -0.25) is 0 Å². The normalized spacial score (nSPS) is 10.7. The molecule has 0 aliphatic carbocycles. The molecule has 94 valence electrons. The molecule has 2 rings (SSSR count). The summed E-state index contributed by atoms with van der Waals surface area (Å²) in [7, 11) is 0. The number of anilines is 2. The van der Waals surface area contributed by atoms with Crippen molar-refractivity contribution in [2.24, 2.45) is 0 Å². The van der Waals surface area contributed by atoms with Crippen LogP contribution >= 0.6 is 0 Å². The number of rotatable bonds is 4. The molecule has 0 saturated heterocycles. The Morgan fingerprint density at radius 1 is 0.833 bits per heavy atom. The second-order valence-corrected chi connectivity index (χ2v) is 4.82. The molecule has 1 heteroatoms. The summed E-state index contributed by atoms with van der Waals surface area (Å²) >= 11 is 0. The molecule has 1 nitrogen and oxygen atoms in total. The van der Waals surface area contributed by atoms with E-state index in [9.17, 15) is 0 Å². The van der Waals surface area contributed by atoms with E-state index in [1.54, 1.807) is 0 Å². The van der Waals surface area contributed by atoms with Crippen LogP contribution in [0.4, 0.5) is 11.4 Å². The Balaban J connectivity index is 2.36. The average Bonchev–Trinajstić information content (AvgIpc) is 2.40. The first kappa shape index (κ1) is 12.7.